The van der Waals surface area contributed by atoms with Gasteiger partial charge in [-0.1, -0.05) is 18.5 Å². The maximum absolute atomic E-state index is 12.4. The van der Waals surface area contributed by atoms with Crippen molar-refractivity contribution < 1.29 is 4.79 Å². The quantitative estimate of drug-likeness (QED) is 0.903. The zero-order valence-corrected chi connectivity index (χ0v) is 12.4. The number of anilines is 1. The van der Waals surface area contributed by atoms with Gasteiger partial charge in [0.15, 0.2) is 0 Å². The number of amides is 1. The number of nitrogens with zero attached hydrogens (tertiary/aromatic N) is 2. The van der Waals surface area contributed by atoms with Crippen molar-refractivity contribution in [3.8, 4) is 0 Å². The van der Waals surface area contributed by atoms with Crippen LogP contribution in [-0.4, -0.2) is 35.9 Å². The summed E-state index contributed by atoms with van der Waals surface area (Å²) >= 11 is 6.08. The molecule has 1 fully saturated rings. The van der Waals surface area contributed by atoms with Crippen LogP contribution >= 0.6 is 11.6 Å². The van der Waals surface area contributed by atoms with Gasteiger partial charge in [0.1, 0.15) is 5.82 Å². The fourth-order valence-electron chi connectivity index (χ4n) is 2.17. The fourth-order valence-corrected chi connectivity index (χ4v) is 2.36. The zero-order chi connectivity index (χ0) is 14.0. The largest absolute Gasteiger partial charge is 0.370 e. The average molecular weight is 282 g/mol. The van der Waals surface area contributed by atoms with E-state index in [1.807, 2.05) is 14.0 Å². The van der Waals surface area contributed by atoms with Crippen LogP contribution in [-0.2, 0) is 0 Å². The van der Waals surface area contributed by atoms with Crippen molar-refractivity contribution in [3.05, 3.63) is 22.8 Å². The summed E-state index contributed by atoms with van der Waals surface area (Å²) in [7, 11) is 1.83. The maximum atomic E-state index is 12.4. The van der Waals surface area contributed by atoms with Gasteiger partial charge in [-0.05, 0) is 31.2 Å². The number of hydrogen-bond donors (Lipinski definition) is 1. The molecule has 2 rings (SSSR count). The highest BCUT2D eigenvalue weighted by atomic mass is 35.5. The molecule has 4 nitrogen and oxygen atoms in total. The fraction of sp³-hybridized carbons (Fsp3) is 0.571. The summed E-state index contributed by atoms with van der Waals surface area (Å²) in [6.45, 7) is 5.76. The zero-order valence-electron chi connectivity index (χ0n) is 11.6. The Kier molecular flexibility index (Phi) is 4.30. The van der Waals surface area contributed by atoms with Gasteiger partial charge in [-0.25, -0.2) is 4.98 Å². The second-order valence-electron chi connectivity index (χ2n) is 5.24. The van der Waals surface area contributed by atoms with E-state index in [-0.39, 0.29) is 5.91 Å². The third kappa shape index (κ3) is 3.38. The topological polar surface area (TPSA) is 45.2 Å². The van der Waals surface area contributed by atoms with Crippen LogP contribution in [0.2, 0.25) is 5.02 Å². The predicted octanol–water partition coefficient (Wildman–Crippen LogP) is 2.89. The maximum Gasteiger partial charge on any atom is 0.255 e. The molecule has 2 unspecified atom stereocenters. The van der Waals surface area contributed by atoms with Crippen LogP contribution in [0, 0.1) is 11.8 Å². The Hall–Kier alpha value is -1.29. The third-order valence-corrected chi connectivity index (χ3v) is 3.88. The third-order valence-electron chi connectivity index (χ3n) is 3.57. The molecule has 0 bridgehead atoms. The van der Waals surface area contributed by atoms with Crippen molar-refractivity contribution in [2.45, 2.75) is 20.3 Å². The van der Waals surface area contributed by atoms with Crippen LogP contribution in [0.5, 0.6) is 0 Å². The Balaban J connectivity index is 2.10. The van der Waals surface area contributed by atoms with Gasteiger partial charge in [-0.2, -0.15) is 0 Å². The molecular formula is C14H20ClN3O. The van der Waals surface area contributed by atoms with Crippen molar-refractivity contribution >= 4 is 23.3 Å². The van der Waals surface area contributed by atoms with Crippen LogP contribution < -0.4 is 5.32 Å². The van der Waals surface area contributed by atoms with Gasteiger partial charge < -0.3 is 10.2 Å². The first-order chi connectivity index (χ1) is 9.02. The van der Waals surface area contributed by atoms with Crippen LogP contribution in [0.15, 0.2) is 12.3 Å². The van der Waals surface area contributed by atoms with Gasteiger partial charge in [0.05, 0.1) is 10.6 Å². The molecule has 1 saturated carbocycles. The second kappa shape index (κ2) is 5.78. The SMILES string of the molecule is CCNc1cc(C(=O)N(C)CC2CC2C)c(Cl)cn1. The number of rotatable bonds is 5. The Labute approximate surface area is 119 Å². The van der Waals surface area contributed by atoms with E-state index in [1.54, 1.807) is 11.0 Å². The normalized spacial score (nSPS) is 21.1. The molecule has 1 aliphatic rings. The molecule has 104 valence electrons. The molecule has 1 heterocycles. The Morgan fingerprint density at radius 2 is 2.32 bits per heavy atom. The molecule has 1 amide bonds. The molecule has 1 aliphatic carbocycles. The van der Waals surface area contributed by atoms with E-state index in [4.69, 9.17) is 11.6 Å². The Morgan fingerprint density at radius 3 is 2.89 bits per heavy atom. The molecule has 1 aromatic heterocycles. The highest BCUT2D eigenvalue weighted by molar-refractivity contribution is 6.33. The highest BCUT2D eigenvalue weighted by Crippen LogP contribution is 2.38. The van der Waals surface area contributed by atoms with Gasteiger partial charge in [-0.3, -0.25) is 4.79 Å². The first-order valence-electron chi connectivity index (χ1n) is 6.67. The number of hydrogen-bond acceptors (Lipinski definition) is 3. The van der Waals surface area contributed by atoms with E-state index < -0.39 is 0 Å². The lowest BCUT2D eigenvalue weighted by Crippen LogP contribution is -2.29. The molecule has 1 N–H and O–H groups in total. The summed E-state index contributed by atoms with van der Waals surface area (Å²) < 4.78 is 0. The minimum absolute atomic E-state index is 0.0364. The molecule has 2 atom stereocenters. The molecule has 0 aromatic carbocycles. The van der Waals surface area contributed by atoms with Gasteiger partial charge in [0, 0.05) is 26.3 Å². The second-order valence-corrected chi connectivity index (χ2v) is 5.65. The van der Waals surface area contributed by atoms with Crippen molar-refractivity contribution in [2.75, 3.05) is 25.5 Å². The van der Waals surface area contributed by atoms with Gasteiger partial charge >= 0.3 is 0 Å². The van der Waals surface area contributed by atoms with Gasteiger partial charge in [0.2, 0.25) is 0 Å². The molecule has 0 saturated heterocycles. The lowest BCUT2D eigenvalue weighted by atomic mass is 10.2. The van der Waals surface area contributed by atoms with Crippen LogP contribution in [0.25, 0.3) is 0 Å². The monoisotopic (exact) mass is 281 g/mol. The van der Waals surface area contributed by atoms with Crippen LogP contribution in [0.3, 0.4) is 0 Å². The predicted molar refractivity (Wildman–Crippen MR) is 77.6 cm³/mol. The number of nitrogens with one attached hydrogen (secondary N) is 1. The number of halogens is 1. The van der Waals surface area contributed by atoms with E-state index in [0.29, 0.717) is 22.3 Å². The molecule has 1 aromatic rings. The van der Waals surface area contributed by atoms with Crippen molar-refractivity contribution in [1.29, 1.82) is 0 Å². The van der Waals surface area contributed by atoms with E-state index in [0.717, 1.165) is 19.0 Å². The number of aromatic nitrogens is 1. The lowest BCUT2D eigenvalue weighted by molar-refractivity contribution is 0.0787. The Bertz CT molecular complexity index is 478. The summed E-state index contributed by atoms with van der Waals surface area (Å²) in [5.41, 5.74) is 0.517. The molecule has 0 aliphatic heterocycles. The van der Waals surface area contributed by atoms with Gasteiger partial charge in [0.25, 0.3) is 5.91 Å². The minimum Gasteiger partial charge on any atom is -0.370 e. The van der Waals surface area contributed by atoms with Crippen molar-refractivity contribution in [3.63, 3.8) is 0 Å². The van der Waals surface area contributed by atoms with Crippen LogP contribution in [0.4, 0.5) is 5.82 Å². The molecule has 5 heteroatoms. The molecule has 0 radical (unpaired) electrons. The first kappa shape index (κ1) is 14.1. The molecule has 0 spiro atoms. The Morgan fingerprint density at radius 1 is 1.63 bits per heavy atom. The van der Waals surface area contributed by atoms with Gasteiger partial charge in [-0.15, -0.1) is 0 Å². The van der Waals surface area contributed by atoms with E-state index in [2.05, 4.69) is 17.2 Å². The van der Waals surface area contributed by atoms with Crippen molar-refractivity contribution in [1.82, 2.24) is 9.88 Å². The van der Waals surface area contributed by atoms with E-state index in [9.17, 15) is 4.79 Å². The summed E-state index contributed by atoms with van der Waals surface area (Å²) in [6, 6.07) is 1.72. The lowest BCUT2D eigenvalue weighted by Gasteiger charge is -2.18. The highest BCUT2D eigenvalue weighted by Gasteiger charge is 2.34. The minimum atomic E-state index is -0.0364. The van der Waals surface area contributed by atoms with Crippen molar-refractivity contribution in [2.24, 2.45) is 11.8 Å². The first-order valence-corrected chi connectivity index (χ1v) is 7.05. The van der Waals surface area contributed by atoms with Crippen LogP contribution in [0.1, 0.15) is 30.6 Å². The molecule has 19 heavy (non-hydrogen) atoms. The number of carbonyl (C=O) groups is 1. The summed E-state index contributed by atoms with van der Waals surface area (Å²) in [5, 5.41) is 3.49. The summed E-state index contributed by atoms with van der Waals surface area (Å²) in [4.78, 5) is 18.3. The number of carbonyl (C=O) groups excluding carboxylic acids is 1. The van der Waals surface area contributed by atoms with E-state index in [1.165, 1.54) is 12.6 Å². The summed E-state index contributed by atoms with van der Waals surface area (Å²) in [5.74, 6) is 2.03. The standard InChI is InChI=1S/C14H20ClN3O/c1-4-16-13-6-11(12(15)7-17-13)14(19)18(3)8-10-5-9(10)2/h6-7,9-10H,4-5,8H2,1-3H3,(H,16,17). The molecular weight excluding hydrogens is 262 g/mol. The smallest absolute Gasteiger partial charge is 0.255 e. The summed E-state index contributed by atoms with van der Waals surface area (Å²) in [6.07, 6.45) is 2.74. The van der Waals surface area contributed by atoms with E-state index >= 15 is 0 Å². The average Bonchev–Trinajstić information content (AvgIpc) is 3.06. The number of pyridine rings is 1.